The Kier molecular flexibility index (Phi) is 3.75. The SMILES string of the molecule is C[N+](C)(CCS)CC(=O)[O-]. The van der Waals surface area contributed by atoms with Crippen molar-refractivity contribution < 1.29 is 14.4 Å². The van der Waals surface area contributed by atoms with Crippen LogP contribution < -0.4 is 5.11 Å². The largest absolute Gasteiger partial charge is 0.544 e. The summed E-state index contributed by atoms with van der Waals surface area (Å²) in [6.07, 6.45) is 0. The fourth-order valence-corrected chi connectivity index (χ4v) is 1.24. The van der Waals surface area contributed by atoms with Crippen LogP contribution in [0.15, 0.2) is 0 Å². The van der Waals surface area contributed by atoms with E-state index in [1.165, 1.54) is 0 Å². The Labute approximate surface area is 66.6 Å². The van der Waals surface area contributed by atoms with E-state index in [4.69, 9.17) is 0 Å². The van der Waals surface area contributed by atoms with Gasteiger partial charge in [-0.05, 0) is 0 Å². The third-order valence-electron chi connectivity index (χ3n) is 1.26. The average molecular weight is 163 g/mol. The number of rotatable bonds is 4. The van der Waals surface area contributed by atoms with Gasteiger partial charge >= 0.3 is 0 Å². The Morgan fingerprint density at radius 1 is 1.60 bits per heavy atom. The third-order valence-corrected chi connectivity index (χ3v) is 1.46. The molecule has 0 saturated heterocycles. The van der Waals surface area contributed by atoms with Gasteiger partial charge in [0.1, 0.15) is 6.54 Å². The number of hydrogen-bond donors (Lipinski definition) is 1. The molecule has 0 aliphatic rings. The van der Waals surface area contributed by atoms with E-state index in [2.05, 4.69) is 12.6 Å². The van der Waals surface area contributed by atoms with Crippen LogP contribution in [0, 0.1) is 0 Å². The normalized spacial score (nSPS) is 11.5. The highest BCUT2D eigenvalue weighted by atomic mass is 32.1. The van der Waals surface area contributed by atoms with E-state index in [1.54, 1.807) is 0 Å². The number of hydrogen-bond acceptors (Lipinski definition) is 3. The van der Waals surface area contributed by atoms with Crippen LogP contribution in [0.4, 0.5) is 0 Å². The van der Waals surface area contributed by atoms with E-state index in [-0.39, 0.29) is 6.54 Å². The lowest BCUT2D eigenvalue weighted by atomic mass is 10.4. The number of carboxylic acids is 1. The van der Waals surface area contributed by atoms with Crippen molar-refractivity contribution >= 4 is 18.6 Å². The Morgan fingerprint density at radius 3 is 2.40 bits per heavy atom. The summed E-state index contributed by atoms with van der Waals surface area (Å²) < 4.78 is 0.436. The molecule has 0 radical (unpaired) electrons. The minimum absolute atomic E-state index is 0.0561. The molecular formula is C6H13NO2S. The first kappa shape index (κ1) is 9.78. The molecule has 10 heavy (non-hydrogen) atoms. The zero-order chi connectivity index (χ0) is 8.20. The number of carbonyl (C=O) groups excluding carboxylic acids is 1. The molecule has 0 spiro atoms. The second kappa shape index (κ2) is 3.83. The molecule has 3 nitrogen and oxygen atoms in total. The molecule has 0 saturated carbocycles. The first-order valence-corrected chi connectivity index (χ1v) is 3.74. The van der Waals surface area contributed by atoms with Crippen molar-refractivity contribution in [2.45, 2.75) is 0 Å². The van der Waals surface area contributed by atoms with Gasteiger partial charge in [0.05, 0.1) is 26.6 Å². The van der Waals surface area contributed by atoms with Crippen molar-refractivity contribution in [2.24, 2.45) is 0 Å². The number of thiol groups is 1. The lowest BCUT2D eigenvalue weighted by molar-refractivity contribution is -0.882. The molecule has 0 amide bonds. The molecule has 0 atom stereocenters. The standard InChI is InChI=1S/C6H13NO2S/c1-7(2,3-4-10)5-6(8)9/h3-5H2,1-2H3,(H-,8,9,10). The number of quaternary nitrogens is 1. The molecule has 0 aliphatic heterocycles. The molecular weight excluding hydrogens is 150 g/mol. The van der Waals surface area contributed by atoms with E-state index in [0.717, 1.165) is 6.54 Å². The zero-order valence-electron chi connectivity index (χ0n) is 6.33. The van der Waals surface area contributed by atoms with Crippen LogP contribution in [0.5, 0.6) is 0 Å². The molecule has 0 heterocycles. The Hall–Kier alpha value is -0.220. The van der Waals surface area contributed by atoms with Crippen LogP contribution in [-0.2, 0) is 4.79 Å². The summed E-state index contributed by atoms with van der Waals surface area (Å²) in [5.41, 5.74) is 0. The molecule has 0 aromatic heterocycles. The number of likely N-dealkylation sites (N-methyl/N-ethyl adjacent to an activating group) is 1. The Bertz CT molecular complexity index is 125. The summed E-state index contributed by atoms with van der Waals surface area (Å²) in [5, 5.41) is 10.1. The van der Waals surface area contributed by atoms with Gasteiger partial charge in [0.15, 0.2) is 0 Å². The second-order valence-electron chi connectivity index (χ2n) is 2.91. The second-order valence-corrected chi connectivity index (χ2v) is 3.36. The molecule has 0 aromatic carbocycles. The first-order chi connectivity index (χ1) is 4.48. The summed E-state index contributed by atoms with van der Waals surface area (Å²) in [6.45, 7) is 0.803. The lowest BCUT2D eigenvalue weighted by Gasteiger charge is -2.29. The van der Waals surface area contributed by atoms with Gasteiger partial charge in [0.25, 0.3) is 0 Å². The molecule has 0 rings (SSSR count). The highest BCUT2D eigenvalue weighted by Gasteiger charge is 2.12. The molecule has 60 valence electrons. The number of aliphatic carboxylic acids is 1. The molecule has 0 aliphatic carbocycles. The van der Waals surface area contributed by atoms with E-state index in [9.17, 15) is 9.90 Å². The van der Waals surface area contributed by atoms with Crippen LogP contribution in [-0.4, -0.2) is 43.4 Å². The van der Waals surface area contributed by atoms with Gasteiger partial charge < -0.3 is 14.4 Å². The summed E-state index contributed by atoms with van der Waals surface area (Å²) >= 11 is 4.01. The van der Waals surface area contributed by atoms with Crippen molar-refractivity contribution in [3.63, 3.8) is 0 Å². The summed E-state index contributed by atoms with van der Waals surface area (Å²) in [5.74, 6) is -0.313. The van der Waals surface area contributed by atoms with Crippen LogP contribution in [0.1, 0.15) is 0 Å². The van der Waals surface area contributed by atoms with E-state index in [0.29, 0.717) is 10.2 Å². The van der Waals surface area contributed by atoms with E-state index < -0.39 is 5.97 Å². The fraction of sp³-hybridized carbons (Fsp3) is 0.833. The van der Waals surface area contributed by atoms with Crippen LogP contribution in [0.3, 0.4) is 0 Å². The monoisotopic (exact) mass is 163 g/mol. The van der Waals surface area contributed by atoms with Crippen molar-refractivity contribution in [3.05, 3.63) is 0 Å². The Morgan fingerprint density at radius 2 is 2.10 bits per heavy atom. The number of carboxylic acid groups (broad SMARTS) is 1. The number of carbonyl (C=O) groups is 1. The predicted molar refractivity (Wildman–Crippen MR) is 40.7 cm³/mol. The van der Waals surface area contributed by atoms with Crippen molar-refractivity contribution in [1.82, 2.24) is 0 Å². The van der Waals surface area contributed by atoms with Gasteiger partial charge in [-0.15, -0.1) is 0 Å². The van der Waals surface area contributed by atoms with Crippen LogP contribution in [0.2, 0.25) is 0 Å². The van der Waals surface area contributed by atoms with Crippen LogP contribution >= 0.6 is 12.6 Å². The lowest BCUT2D eigenvalue weighted by Crippen LogP contribution is -2.49. The third kappa shape index (κ3) is 4.64. The first-order valence-electron chi connectivity index (χ1n) is 3.10. The van der Waals surface area contributed by atoms with E-state index in [1.807, 2.05) is 14.1 Å². The average Bonchev–Trinajstić information content (AvgIpc) is 1.59. The fourth-order valence-electron chi connectivity index (χ4n) is 0.699. The predicted octanol–water partition coefficient (Wildman–Crippen LogP) is -1.26. The van der Waals surface area contributed by atoms with Gasteiger partial charge in [-0.25, -0.2) is 0 Å². The maximum Gasteiger partial charge on any atom is 0.119 e. The van der Waals surface area contributed by atoms with Gasteiger partial charge in [0.2, 0.25) is 0 Å². The summed E-state index contributed by atoms with van der Waals surface area (Å²) in [7, 11) is 3.68. The van der Waals surface area contributed by atoms with Gasteiger partial charge in [0, 0.05) is 5.75 Å². The van der Waals surface area contributed by atoms with Crippen molar-refractivity contribution in [2.75, 3.05) is 32.9 Å². The molecule has 4 heteroatoms. The van der Waals surface area contributed by atoms with Gasteiger partial charge in [-0.3, -0.25) is 0 Å². The van der Waals surface area contributed by atoms with Crippen molar-refractivity contribution in [1.29, 1.82) is 0 Å². The van der Waals surface area contributed by atoms with Crippen LogP contribution in [0.25, 0.3) is 0 Å². The van der Waals surface area contributed by atoms with Crippen molar-refractivity contribution in [3.8, 4) is 0 Å². The smallest absolute Gasteiger partial charge is 0.119 e. The Balaban J connectivity index is 3.74. The summed E-state index contributed by atoms with van der Waals surface area (Å²) in [4.78, 5) is 10.1. The molecule has 0 bridgehead atoms. The minimum Gasteiger partial charge on any atom is -0.544 e. The van der Waals surface area contributed by atoms with E-state index >= 15 is 0 Å². The molecule has 0 aromatic rings. The van der Waals surface area contributed by atoms with Gasteiger partial charge in [-0.2, -0.15) is 12.6 Å². The zero-order valence-corrected chi connectivity index (χ0v) is 7.23. The highest BCUT2D eigenvalue weighted by molar-refractivity contribution is 7.80. The minimum atomic E-state index is -1.01. The molecule has 0 unspecified atom stereocenters. The maximum atomic E-state index is 10.1. The quantitative estimate of drug-likeness (QED) is 0.415. The molecule has 0 N–H and O–H groups in total. The molecule has 0 fully saturated rings. The topological polar surface area (TPSA) is 40.1 Å². The highest BCUT2D eigenvalue weighted by Crippen LogP contribution is 1.95. The summed E-state index contributed by atoms with van der Waals surface area (Å²) in [6, 6.07) is 0. The maximum absolute atomic E-state index is 10.1. The van der Waals surface area contributed by atoms with Gasteiger partial charge in [-0.1, -0.05) is 0 Å². The number of nitrogens with zero attached hydrogens (tertiary/aromatic N) is 1.